The van der Waals surface area contributed by atoms with E-state index in [2.05, 4.69) is 23.9 Å². The van der Waals surface area contributed by atoms with Crippen LogP contribution in [0.2, 0.25) is 0 Å². The molecular formula is C12H18N2O2S. The smallest absolute Gasteiger partial charge is 0.345 e. The Morgan fingerprint density at radius 1 is 1.59 bits per heavy atom. The van der Waals surface area contributed by atoms with Gasteiger partial charge in [0.1, 0.15) is 4.88 Å². The number of anilines is 1. The van der Waals surface area contributed by atoms with Crippen LogP contribution >= 0.6 is 11.3 Å². The van der Waals surface area contributed by atoms with Gasteiger partial charge in [0, 0.05) is 30.2 Å². The van der Waals surface area contributed by atoms with Gasteiger partial charge in [-0.05, 0) is 33.0 Å². The number of hydrogen-bond acceptors (Lipinski definition) is 4. The molecule has 0 aromatic carbocycles. The molecule has 1 saturated heterocycles. The normalized spacial score (nSPS) is 20.9. The molecule has 0 saturated carbocycles. The van der Waals surface area contributed by atoms with Gasteiger partial charge in [-0.3, -0.25) is 0 Å². The van der Waals surface area contributed by atoms with Crippen molar-refractivity contribution in [3.8, 4) is 0 Å². The van der Waals surface area contributed by atoms with Crippen LogP contribution in [-0.2, 0) is 0 Å². The van der Waals surface area contributed by atoms with Gasteiger partial charge in [0.05, 0.1) is 0 Å². The fourth-order valence-electron chi connectivity index (χ4n) is 2.21. The lowest BCUT2D eigenvalue weighted by Gasteiger charge is -2.36. The molecule has 94 valence electrons. The minimum Gasteiger partial charge on any atom is -0.477 e. The monoisotopic (exact) mass is 254 g/mol. The van der Waals surface area contributed by atoms with E-state index in [1.165, 1.54) is 24.2 Å². The summed E-state index contributed by atoms with van der Waals surface area (Å²) in [6.07, 6.45) is 2.39. The Morgan fingerprint density at radius 3 is 2.94 bits per heavy atom. The van der Waals surface area contributed by atoms with Crippen LogP contribution in [0.25, 0.3) is 0 Å². The summed E-state index contributed by atoms with van der Waals surface area (Å²) in [4.78, 5) is 15.8. The van der Waals surface area contributed by atoms with Gasteiger partial charge in [-0.2, -0.15) is 0 Å². The zero-order valence-electron chi connectivity index (χ0n) is 10.2. The molecule has 1 unspecified atom stereocenters. The Morgan fingerprint density at radius 2 is 2.35 bits per heavy atom. The summed E-state index contributed by atoms with van der Waals surface area (Å²) >= 11 is 1.31. The van der Waals surface area contributed by atoms with E-state index in [4.69, 9.17) is 5.11 Å². The number of likely N-dealkylation sites (N-methyl/N-ethyl adjacent to an activating group) is 1. The number of aromatic carboxylic acids is 1. The van der Waals surface area contributed by atoms with Crippen molar-refractivity contribution in [1.29, 1.82) is 0 Å². The third kappa shape index (κ3) is 2.79. The van der Waals surface area contributed by atoms with Crippen molar-refractivity contribution < 1.29 is 9.90 Å². The van der Waals surface area contributed by atoms with Crippen molar-refractivity contribution >= 4 is 23.0 Å². The van der Waals surface area contributed by atoms with Crippen LogP contribution in [0.4, 0.5) is 5.69 Å². The van der Waals surface area contributed by atoms with Crippen LogP contribution in [0, 0.1) is 0 Å². The van der Waals surface area contributed by atoms with Gasteiger partial charge in [-0.15, -0.1) is 11.3 Å². The van der Waals surface area contributed by atoms with Gasteiger partial charge in [0.15, 0.2) is 0 Å². The number of carboxylic acids is 1. The first kappa shape index (κ1) is 12.4. The summed E-state index contributed by atoms with van der Waals surface area (Å²) in [7, 11) is 4.20. The number of carbonyl (C=O) groups is 1. The van der Waals surface area contributed by atoms with Crippen molar-refractivity contribution in [2.24, 2.45) is 0 Å². The Kier molecular flexibility index (Phi) is 3.69. The quantitative estimate of drug-likeness (QED) is 0.895. The summed E-state index contributed by atoms with van der Waals surface area (Å²) in [5.41, 5.74) is 1.05. The largest absolute Gasteiger partial charge is 0.477 e. The third-order valence-corrected chi connectivity index (χ3v) is 4.19. The molecule has 1 atom stereocenters. The fourth-order valence-corrected chi connectivity index (χ4v) is 2.97. The van der Waals surface area contributed by atoms with Crippen LogP contribution in [0.5, 0.6) is 0 Å². The lowest BCUT2D eigenvalue weighted by Crippen LogP contribution is -2.45. The molecule has 1 aromatic rings. The van der Waals surface area contributed by atoms with E-state index >= 15 is 0 Å². The molecule has 1 aliphatic heterocycles. The molecule has 4 nitrogen and oxygen atoms in total. The lowest BCUT2D eigenvalue weighted by molar-refractivity contribution is 0.0702. The predicted octanol–water partition coefficient (Wildman–Crippen LogP) is 1.98. The predicted molar refractivity (Wildman–Crippen MR) is 70.2 cm³/mol. The third-order valence-electron chi connectivity index (χ3n) is 3.29. The zero-order valence-corrected chi connectivity index (χ0v) is 11.0. The molecule has 0 spiro atoms. The van der Waals surface area contributed by atoms with Crippen molar-refractivity contribution in [2.45, 2.75) is 18.9 Å². The molecule has 1 N–H and O–H groups in total. The first-order valence-corrected chi connectivity index (χ1v) is 6.69. The molecule has 17 heavy (non-hydrogen) atoms. The van der Waals surface area contributed by atoms with E-state index in [1.54, 1.807) is 6.07 Å². The molecule has 5 heteroatoms. The van der Waals surface area contributed by atoms with E-state index < -0.39 is 5.97 Å². The van der Waals surface area contributed by atoms with Crippen LogP contribution in [0.1, 0.15) is 22.5 Å². The first-order chi connectivity index (χ1) is 8.08. The van der Waals surface area contributed by atoms with E-state index in [-0.39, 0.29) is 0 Å². The first-order valence-electron chi connectivity index (χ1n) is 5.81. The SMILES string of the molecule is CN(C)C1CCCN(c2csc(C(=O)O)c2)C1. The van der Waals surface area contributed by atoms with Crippen molar-refractivity contribution in [3.63, 3.8) is 0 Å². The number of hydrogen-bond donors (Lipinski definition) is 1. The van der Waals surface area contributed by atoms with Gasteiger partial charge < -0.3 is 14.9 Å². The van der Waals surface area contributed by atoms with E-state index in [0.717, 1.165) is 18.8 Å². The number of rotatable bonds is 3. The average molecular weight is 254 g/mol. The molecule has 1 aliphatic rings. The minimum atomic E-state index is -0.831. The molecule has 0 aliphatic carbocycles. The summed E-state index contributed by atoms with van der Waals surface area (Å²) in [6, 6.07) is 2.35. The highest BCUT2D eigenvalue weighted by Crippen LogP contribution is 2.26. The number of piperidine rings is 1. The van der Waals surface area contributed by atoms with Gasteiger partial charge in [0.25, 0.3) is 0 Å². The number of nitrogens with zero attached hydrogens (tertiary/aromatic N) is 2. The van der Waals surface area contributed by atoms with Crippen LogP contribution < -0.4 is 4.90 Å². The standard InChI is InChI=1S/C12H18N2O2S/c1-13(2)9-4-3-5-14(7-9)10-6-11(12(15)16)17-8-10/h6,8-9H,3-5,7H2,1-2H3,(H,15,16). The minimum absolute atomic E-state index is 0.423. The van der Waals surface area contributed by atoms with E-state index in [0.29, 0.717) is 10.9 Å². The summed E-state index contributed by atoms with van der Waals surface area (Å²) in [5.74, 6) is -0.831. The topological polar surface area (TPSA) is 43.8 Å². The highest BCUT2D eigenvalue weighted by Gasteiger charge is 2.22. The van der Waals surface area contributed by atoms with Gasteiger partial charge in [0.2, 0.25) is 0 Å². The zero-order chi connectivity index (χ0) is 12.4. The van der Waals surface area contributed by atoms with Crippen molar-refractivity contribution in [1.82, 2.24) is 4.90 Å². The van der Waals surface area contributed by atoms with Crippen LogP contribution in [-0.4, -0.2) is 49.2 Å². The highest BCUT2D eigenvalue weighted by molar-refractivity contribution is 7.12. The van der Waals surface area contributed by atoms with Crippen molar-refractivity contribution in [3.05, 3.63) is 16.3 Å². The maximum atomic E-state index is 10.9. The molecule has 2 heterocycles. The van der Waals surface area contributed by atoms with Crippen LogP contribution in [0.15, 0.2) is 11.4 Å². The van der Waals surface area contributed by atoms with Gasteiger partial charge in [-0.1, -0.05) is 0 Å². The summed E-state index contributed by atoms with van der Waals surface area (Å²) in [6.45, 7) is 2.02. The van der Waals surface area contributed by atoms with Gasteiger partial charge in [-0.25, -0.2) is 4.79 Å². The molecule has 0 radical (unpaired) electrons. The molecule has 1 aromatic heterocycles. The second-order valence-electron chi connectivity index (χ2n) is 4.68. The Labute approximate surface area is 105 Å². The van der Waals surface area contributed by atoms with Crippen molar-refractivity contribution in [2.75, 3.05) is 32.1 Å². The van der Waals surface area contributed by atoms with Gasteiger partial charge >= 0.3 is 5.97 Å². The maximum absolute atomic E-state index is 10.9. The number of thiophene rings is 1. The second-order valence-corrected chi connectivity index (χ2v) is 5.59. The Bertz CT molecular complexity index is 403. The Balaban J connectivity index is 2.08. The second kappa shape index (κ2) is 5.06. The molecule has 1 fully saturated rings. The van der Waals surface area contributed by atoms with Crippen LogP contribution in [0.3, 0.4) is 0 Å². The van der Waals surface area contributed by atoms with E-state index in [9.17, 15) is 4.79 Å². The lowest BCUT2D eigenvalue weighted by atomic mass is 10.0. The molecular weight excluding hydrogens is 236 g/mol. The highest BCUT2D eigenvalue weighted by atomic mass is 32.1. The van der Waals surface area contributed by atoms with E-state index in [1.807, 2.05) is 5.38 Å². The average Bonchev–Trinajstić information content (AvgIpc) is 2.78. The fraction of sp³-hybridized carbons (Fsp3) is 0.583. The maximum Gasteiger partial charge on any atom is 0.345 e. The number of carboxylic acid groups (broad SMARTS) is 1. The molecule has 0 amide bonds. The Hall–Kier alpha value is -1.07. The molecule has 0 bridgehead atoms. The summed E-state index contributed by atoms with van der Waals surface area (Å²) < 4.78 is 0. The molecule has 2 rings (SSSR count). The summed E-state index contributed by atoms with van der Waals surface area (Å²) in [5, 5.41) is 10.9.